The van der Waals surface area contributed by atoms with E-state index in [0.29, 0.717) is 41.7 Å². The van der Waals surface area contributed by atoms with Crippen molar-refractivity contribution in [3.63, 3.8) is 0 Å². The van der Waals surface area contributed by atoms with Crippen LogP contribution in [0.25, 0.3) is 0 Å². The van der Waals surface area contributed by atoms with Crippen molar-refractivity contribution >= 4 is 17.6 Å². The number of ether oxygens (including phenoxy) is 4. The second-order valence-electron chi connectivity index (χ2n) is 5.79. The molecular formula is C21H25NO6. The number of esters is 1. The number of hydrogen-bond acceptors (Lipinski definition) is 6. The highest BCUT2D eigenvalue weighted by molar-refractivity contribution is 6.04. The molecular weight excluding hydrogens is 362 g/mol. The van der Waals surface area contributed by atoms with Crippen LogP contribution in [-0.4, -0.2) is 38.8 Å². The van der Waals surface area contributed by atoms with Gasteiger partial charge in [0.2, 0.25) is 0 Å². The fourth-order valence-electron chi connectivity index (χ4n) is 2.32. The Kier molecular flexibility index (Phi) is 8.14. The van der Waals surface area contributed by atoms with Gasteiger partial charge in [-0.25, -0.2) is 4.79 Å². The lowest BCUT2D eigenvalue weighted by molar-refractivity contribution is -0.142. The average Bonchev–Trinajstić information content (AvgIpc) is 2.71. The largest absolute Gasteiger partial charge is 0.490 e. The van der Waals surface area contributed by atoms with Crippen molar-refractivity contribution in [2.75, 3.05) is 32.2 Å². The number of methoxy groups -OCH3 is 1. The van der Waals surface area contributed by atoms with Crippen LogP contribution in [0.4, 0.5) is 5.69 Å². The Labute approximate surface area is 164 Å². The van der Waals surface area contributed by atoms with Gasteiger partial charge >= 0.3 is 5.97 Å². The van der Waals surface area contributed by atoms with E-state index in [-0.39, 0.29) is 12.5 Å². The van der Waals surface area contributed by atoms with Crippen LogP contribution in [-0.2, 0) is 9.53 Å². The van der Waals surface area contributed by atoms with E-state index >= 15 is 0 Å². The molecule has 150 valence electrons. The number of benzene rings is 2. The van der Waals surface area contributed by atoms with Crippen molar-refractivity contribution in [2.24, 2.45) is 0 Å². The first-order chi connectivity index (χ1) is 13.6. The van der Waals surface area contributed by atoms with Gasteiger partial charge in [0.25, 0.3) is 5.91 Å². The van der Waals surface area contributed by atoms with E-state index in [2.05, 4.69) is 10.1 Å². The molecule has 0 aliphatic rings. The molecule has 0 saturated heterocycles. The number of nitrogens with one attached hydrogen (secondary N) is 1. The summed E-state index contributed by atoms with van der Waals surface area (Å²) in [5.74, 6) is 0.801. The van der Waals surface area contributed by atoms with Crippen LogP contribution in [0.1, 0.15) is 30.6 Å². The molecule has 0 aromatic heterocycles. The molecule has 0 radical (unpaired) electrons. The summed E-state index contributed by atoms with van der Waals surface area (Å²) in [6.07, 6.45) is 0.877. The molecule has 2 aromatic rings. The highest BCUT2D eigenvalue weighted by Crippen LogP contribution is 2.29. The Hall–Kier alpha value is -3.22. The summed E-state index contributed by atoms with van der Waals surface area (Å²) in [7, 11) is 1.29. The normalized spacial score (nSPS) is 10.1. The van der Waals surface area contributed by atoms with E-state index in [9.17, 15) is 9.59 Å². The Morgan fingerprint density at radius 1 is 0.964 bits per heavy atom. The minimum Gasteiger partial charge on any atom is -0.490 e. The first kappa shape index (κ1) is 21.1. The molecule has 0 saturated carbocycles. The maximum absolute atomic E-state index is 12.6. The SMILES string of the molecule is CCCOc1ccc(C(=O)Nc2cccc(OCC(=O)OC)c2)cc1OCC. The molecule has 1 amide bonds. The maximum atomic E-state index is 12.6. The zero-order valence-electron chi connectivity index (χ0n) is 16.3. The van der Waals surface area contributed by atoms with Gasteiger partial charge in [-0.2, -0.15) is 0 Å². The standard InChI is InChI=1S/C21H25NO6/c1-4-11-27-18-10-9-15(12-19(18)26-5-2)21(24)22-16-7-6-8-17(13-16)28-14-20(23)25-3/h6-10,12-13H,4-5,11,14H2,1-3H3,(H,22,24). The topological polar surface area (TPSA) is 83.1 Å². The Morgan fingerprint density at radius 3 is 2.50 bits per heavy atom. The van der Waals surface area contributed by atoms with E-state index in [1.807, 2.05) is 13.8 Å². The Balaban J connectivity index is 2.09. The van der Waals surface area contributed by atoms with Crippen molar-refractivity contribution in [1.29, 1.82) is 0 Å². The summed E-state index contributed by atoms with van der Waals surface area (Å²) >= 11 is 0. The maximum Gasteiger partial charge on any atom is 0.343 e. The molecule has 28 heavy (non-hydrogen) atoms. The van der Waals surface area contributed by atoms with Crippen LogP contribution in [0.15, 0.2) is 42.5 Å². The second-order valence-corrected chi connectivity index (χ2v) is 5.79. The number of rotatable bonds is 10. The average molecular weight is 387 g/mol. The highest BCUT2D eigenvalue weighted by Gasteiger charge is 2.12. The first-order valence-corrected chi connectivity index (χ1v) is 9.08. The third-order valence-electron chi connectivity index (χ3n) is 3.64. The number of anilines is 1. The third kappa shape index (κ3) is 6.19. The van der Waals surface area contributed by atoms with E-state index in [1.54, 1.807) is 42.5 Å². The molecule has 1 N–H and O–H groups in total. The van der Waals surface area contributed by atoms with Gasteiger partial charge in [-0.1, -0.05) is 13.0 Å². The number of hydrogen-bond donors (Lipinski definition) is 1. The quantitative estimate of drug-likeness (QED) is 0.626. The van der Waals surface area contributed by atoms with Gasteiger partial charge in [0.1, 0.15) is 5.75 Å². The zero-order chi connectivity index (χ0) is 20.4. The molecule has 0 heterocycles. The van der Waals surface area contributed by atoms with E-state index in [1.165, 1.54) is 7.11 Å². The second kappa shape index (κ2) is 10.8. The molecule has 0 aliphatic heterocycles. The number of amides is 1. The van der Waals surface area contributed by atoms with Gasteiger partial charge in [0, 0.05) is 17.3 Å². The molecule has 2 aromatic carbocycles. The van der Waals surface area contributed by atoms with E-state index in [4.69, 9.17) is 14.2 Å². The first-order valence-electron chi connectivity index (χ1n) is 9.08. The van der Waals surface area contributed by atoms with Crippen molar-refractivity contribution < 1.29 is 28.5 Å². The van der Waals surface area contributed by atoms with Gasteiger partial charge in [-0.15, -0.1) is 0 Å². The molecule has 0 aliphatic carbocycles. The van der Waals surface area contributed by atoms with Gasteiger partial charge in [-0.05, 0) is 43.7 Å². The summed E-state index contributed by atoms with van der Waals surface area (Å²) in [4.78, 5) is 23.8. The monoisotopic (exact) mass is 387 g/mol. The van der Waals surface area contributed by atoms with Crippen molar-refractivity contribution in [1.82, 2.24) is 0 Å². The van der Waals surface area contributed by atoms with Crippen LogP contribution in [0, 0.1) is 0 Å². The smallest absolute Gasteiger partial charge is 0.343 e. The minimum absolute atomic E-state index is 0.204. The molecule has 7 heteroatoms. The van der Waals surface area contributed by atoms with E-state index < -0.39 is 5.97 Å². The van der Waals surface area contributed by atoms with Gasteiger partial charge in [0.05, 0.1) is 20.3 Å². The molecule has 7 nitrogen and oxygen atoms in total. The predicted octanol–water partition coefficient (Wildman–Crippen LogP) is 3.68. The lowest BCUT2D eigenvalue weighted by Gasteiger charge is -2.13. The third-order valence-corrected chi connectivity index (χ3v) is 3.64. The highest BCUT2D eigenvalue weighted by atomic mass is 16.6. The molecule has 0 fully saturated rings. The van der Waals surface area contributed by atoms with Gasteiger partial charge in [0.15, 0.2) is 18.1 Å². The van der Waals surface area contributed by atoms with Crippen LogP contribution in [0.3, 0.4) is 0 Å². The van der Waals surface area contributed by atoms with E-state index in [0.717, 1.165) is 6.42 Å². The summed E-state index contributed by atoms with van der Waals surface area (Å²) in [6, 6.07) is 11.8. The van der Waals surface area contributed by atoms with Crippen LogP contribution in [0.5, 0.6) is 17.2 Å². The number of carbonyl (C=O) groups is 2. The lowest BCUT2D eigenvalue weighted by atomic mass is 10.1. The van der Waals surface area contributed by atoms with Crippen molar-refractivity contribution in [2.45, 2.75) is 20.3 Å². The summed E-state index contributed by atoms with van der Waals surface area (Å²) in [5.41, 5.74) is 0.977. The Morgan fingerprint density at radius 2 is 1.79 bits per heavy atom. The molecule has 0 atom stereocenters. The summed E-state index contributed by atoms with van der Waals surface area (Å²) in [5, 5.41) is 2.80. The Bertz CT molecular complexity index is 805. The van der Waals surface area contributed by atoms with Crippen LogP contribution >= 0.6 is 0 Å². The molecule has 0 spiro atoms. The predicted molar refractivity (Wildman–Crippen MR) is 105 cm³/mol. The molecule has 0 unspecified atom stereocenters. The molecule has 2 rings (SSSR count). The van der Waals surface area contributed by atoms with Gasteiger partial charge in [-0.3, -0.25) is 4.79 Å². The van der Waals surface area contributed by atoms with Crippen molar-refractivity contribution in [3.05, 3.63) is 48.0 Å². The zero-order valence-corrected chi connectivity index (χ0v) is 16.3. The van der Waals surface area contributed by atoms with Crippen LogP contribution < -0.4 is 19.5 Å². The fourth-order valence-corrected chi connectivity index (χ4v) is 2.32. The molecule has 0 bridgehead atoms. The van der Waals surface area contributed by atoms with Crippen molar-refractivity contribution in [3.8, 4) is 17.2 Å². The van der Waals surface area contributed by atoms with Gasteiger partial charge < -0.3 is 24.3 Å². The number of carbonyl (C=O) groups excluding carboxylic acids is 2. The minimum atomic E-state index is -0.483. The summed E-state index contributed by atoms with van der Waals surface area (Å²) in [6.45, 7) is 4.73. The summed E-state index contributed by atoms with van der Waals surface area (Å²) < 4.78 is 21.1. The lowest BCUT2D eigenvalue weighted by Crippen LogP contribution is -2.14. The van der Waals surface area contributed by atoms with Crippen LogP contribution in [0.2, 0.25) is 0 Å². The fraction of sp³-hybridized carbons (Fsp3) is 0.333.